The molecule has 112 valence electrons. The van der Waals surface area contributed by atoms with Gasteiger partial charge in [-0.05, 0) is 37.1 Å². The van der Waals surface area contributed by atoms with Crippen LogP contribution in [0.25, 0.3) is 10.6 Å². The van der Waals surface area contributed by atoms with Gasteiger partial charge in [0.05, 0.1) is 5.69 Å². The number of rotatable bonds is 5. The Bertz CT molecular complexity index is 625. The average molecular weight is 308 g/mol. The highest BCUT2D eigenvalue weighted by Crippen LogP contribution is 2.28. The highest BCUT2D eigenvalue weighted by molar-refractivity contribution is 7.17. The second-order valence-corrected chi connectivity index (χ2v) is 5.94. The summed E-state index contributed by atoms with van der Waals surface area (Å²) in [5, 5.41) is 12.4. The number of benzene rings is 1. The van der Waals surface area contributed by atoms with Crippen molar-refractivity contribution in [2.45, 2.75) is 13.8 Å². The molecule has 1 heterocycles. The molecule has 0 saturated carbocycles. The van der Waals surface area contributed by atoms with Crippen LogP contribution in [0.2, 0.25) is 0 Å². The summed E-state index contributed by atoms with van der Waals surface area (Å²) in [6, 6.07) is 6.02. The molecule has 0 bridgehead atoms. The lowest BCUT2D eigenvalue weighted by molar-refractivity contribution is 0.0945. The van der Waals surface area contributed by atoms with Gasteiger partial charge < -0.3 is 10.4 Å². The summed E-state index contributed by atoms with van der Waals surface area (Å²) in [6.45, 7) is 4.07. The molecule has 2 N–H and O–H groups in total. The third kappa shape index (κ3) is 3.86. The van der Waals surface area contributed by atoms with Gasteiger partial charge in [-0.25, -0.2) is 9.37 Å². The van der Waals surface area contributed by atoms with Crippen LogP contribution in [0.1, 0.15) is 22.3 Å². The van der Waals surface area contributed by atoms with E-state index in [4.69, 9.17) is 5.11 Å². The van der Waals surface area contributed by atoms with Crippen molar-refractivity contribution in [3.05, 3.63) is 40.7 Å². The number of thiazole rings is 1. The topological polar surface area (TPSA) is 62.2 Å². The predicted molar refractivity (Wildman–Crippen MR) is 80.8 cm³/mol. The van der Waals surface area contributed by atoms with E-state index in [2.05, 4.69) is 10.3 Å². The maximum Gasteiger partial charge on any atom is 0.263 e. The first kappa shape index (κ1) is 15.6. The molecular formula is C15H17FN2O2S. The Morgan fingerprint density at radius 3 is 2.71 bits per heavy atom. The monoisotopic (exact) mass is 308 g/mol. The number of halogens is 1. The number of amides is 1. The third-order valence-corrected chi connectivity index (χ3v) is 4.22. The van der Waals surface area contributed by atoms with E-state index in [9.17, 15) is 9.18 Å². The van der Waals surface area contributed by atoms with Crippen LogP contribution in [0, 0.1) is 18.7 Å². The predicted octanol–water partition coefficient (Wildman–Crippen LogP) is 2.62. The minimum absolute atomic E-state index is 0.0127. The summed E-state index contributed by atoms with van der Waals surface area (Å²) >= 11 is 1.28. The van der Waals surface area contributed by atoms with E-state index in [1.165, 1.54) is 23.5 Å². The number of hydrogen-bond donors (Lipinski definition) is 2. The molecule has 2 rings (SSSR count). The van der Waals surface area contributed by atoms with E-state index >= 15 is 0 Å². The van der Waals surface area contributed by atoms with Gasteiger partial charge in [0.2, 0.25) is 0 Å². The second-order valence-electron chi connectivity index (χ2n) is 4.94. The van der Waals surface area contributed by atoms with Crippen LogP contribution in [0.4, 0.5) is 4.39 Å². The molecule has 21 heavy (non-hydrogen) atoms. The van der Waals surface area contributed by atoms with Crippen LogP contribution < -0.4 is 5.32 Å². The molecule has 0 fully saturated rings. The highest BCUT2D eigenvalue weighted by atomic mass is 32.1. The van der Waals surface area contributed by atoms with Gasteiger partial charge in [0, 0.05) is 18.7 Å². The van der Waals surface area contributed by atoms with E-state index in [0.717, 1.165) is 5.56 Å². The lowest BCUT2D eigenvalue weighted by Gasteiger charge is -2.08. The van der Waals surface area contributed by atoms with E-state index in [-0.39, 0.29) is 24.2 Å². The van der Waals surface area contributed by atoms with Gasteiger partial charge in [-0.15, -0.1) is 11.3 Å². The van der Waals surface area contributed by atoms with Crippen molar-refractivity contribution >= 4 is 17.2 Å². The van der Waals surface area contributed by atoms with E-state index in [1.54, 1.807) is 19.1 Å². The van der Waals surface area contributed by atoms with Crippen molar-refractivity contribution in [2.24, 2.45) is 5.92 Å². The maximum atomic E-state index is 12.9. The van der Waals surface area contributed by atoms with Crippen LogP contribution in [-0.2, 0) is 0 Å². The molecule has 1 atom stereocenters. The number of nitrogens with zero attached hydrogens (tertiary/aromatic N) is 1. The first-order valence-corrected chi connectivity index (χ1v) is 7.45. The minimum Gasteiger partial charge on any atom is -0.396 e. The van der Waals surface area contributed by atoms with Crippen molar-refractivity contribution in [1.29, 1.82) is 0 Å². The zero-order valence-electron chi connectivity index (χ0n) is 11.9. The van der Waals surface area contributed by atoms with Crippen molar-refractivity contribution in [1.82, 2.24) is 10.3 Å². The quantitative estimate of drug-likeness (QED) is 0.892. The zero-order valence-corrected chi connectivity index (χ0v) is 12.7. The Morgan fingerprint density at radius 1 is 1.43 bits per heavy atom. The molecule has 0 aliphatic heterocycles. The molecule has 2 aromatic rings. The summed E-state index contributed by atoms with van der Waals surface area (Å²) < 4.78 is 12.9. The Balaban J connectivity index is 2.15. The number of nitrogens with one attached hydrogen (secondary N) is 1. The van der Waals surface area contributed by atoms with Crippen molar-refractivity contribution in [2.75, 3.05) is 13.2 Å². The Hall–Kier alpha value is -1.79. The molecule has 0 saturated heterocycles. The van der Waals surface area contributed by atoms with E-state index in [1.807, 2.05) is 6.92 Å². The van der Waals surface area contributed by atoms with Gasteiger partial charge >= 0.3 is 0 Å². The fourth-order valence-electron chi connectivity index (χ4n) is 1.73. The lowest BCUT2D eigenvalue weighted by atomic mass is 10.2. The fourth-order valence-corrected chi connectivity index (χ4v) is 2.72. The summed E-state index contributed by atoms with van der Waals surface area (Å²) in [5.74, 6) is -0.486. The number of hydrogen-bond acceptors (Lipinski definition) is 4. The molecule has 0 spiro atoms. The van der Waals surface area contributed by atoms with Crippen molar-refractivity contribution in [3.8, 4) is 10.6 Å². The van der Waals surface area contributed by atoms with Crippen LogP contribution in [0.5, 0.6) is 0 Å². The number of aromatic nitrogens is 1. The maximum absolute atomic E-state index is 12.9. The summed E-state index contributed by atoms with van der Waals surface area (Å²) in [7, 11) is 0. The molecule has 4 nitrogen and oxygen atoms in total. The van der Waals surface area contributed by atoms with Crippen molar-refractivity contribution in [3.63, 3.8) is 0 Å². The van der Waals surface area contributed by atoms with Gasteiger partial charge in [-0.1, -0.05) is 6.92 Å². The summed E-state index contributed by atoms with van der Waals surface area (Å²) in [6.07, 6.45) is 0. The van der Waals surface area contributed by atoms with Gasteiger partial charge in [-0.2, -0.15) is 0 Å². The second kappa shape index (κ2) is 6.78. The average Bonchev–Trinajstić information content (AvgIpc) is 2.87. The lowest BCUT2D eigenvalue weighted by Crippen LogP contribution is -2.29. The third-order valence-electron chi connectivity index (χ3n) is 3.02. The molecule has 0 aliphatic carbocycles. The molecule has 0 aliphatic rings. The summed E-state index contributed by atoms with van der Waals surface area (Å²) in [5.41, 5.74) is 1.43. The van der Waals surface area contributed by atoms with Gasteiger partial charge in [0.1, 0.15) is 15.7 Å². The van der Waals surface area contributed by atoms with Crippen molar-refractivity contribution < 1.29 is 14.3 Å². The largest absolute Gasteiger partial charge is 0.396 e. The smallest absolute Gasteiger partial charge is 0.263 e. The number of aliphatic hydroxyl groups is 1. The molecule has 1 unspecified atom stereocenters. The first-order valence-electron chi connectivity index (χ1n) is 6.63. The number of aliphatic hydroxyl groups excluding tert-OH is 1. The van der Waals surface area contributed by atoms with Crippen LogP contribution >= 0.6 is 11.3 Å². The van der Waals surface area contributed by atoms with Gasteiger partial charge in [0.15, 0.2) is 0 Å². The van der Waals surface area contributed by atoms with Crippen LogP contribution in [0.3, 0.4) is 0 Å². The Morgan fingerprint density at radius 2 is 2.10 bits per heavy atom. The van der Waals surface area contributed by atoms with Crippen LogP contribution in [-0.4, -0.2) is 29.1 Å². The van der Waals surface area contributed by atoms with E-state index in [0.29, 0.717) is 22.1 Å². The molecular weight excluding hydrogens is 291 g/mol. The first-order chi connectivity index (χ1) is 10.0. The number of aryl methyl sites for hydroxylation is 1. The molecule has 1 amide bonds. The fraction of sp³-hybridized carbons (Fsp3) is 0.333. The van der Waals surface area contributed by atoms with Gasteiger partial charge in [0.25, 0.3) is 5.91 Å². The number of carbonyl (C=O) groups excluding carboxylic acids is 1. The van der Waals surface area contributed by atoms with E-state index < -0.39 is 0 Å². The standard InChI is InChI=1S/C15H17FN2O2S/c1-9(8-19)7-17-14(20)13-10(2)18-15(21-13)11-3-5-12(16)6-4-11/h3-6,9,19H,7-8H2,1-2H3,(H,17,20). The SMILES string of the molecule is Cc1nc(-c2ccc(F)cc2)sc1C(=O)NCC(C)CO. The Kier molecular flexibility index (Phi) is 5.03. The minimum atomic E-state index is -0.303. The molecule has 0 radical (unpaired) electrons. The summed E-state index contributed by atoms with van der Waals surface area (Å²) in [4.78, 5) is 17.0. The highest BCUT2D eigenvalue weighted by Gasteiger charge is 2.16. The zero-order chi connectivity index (χ0) is 15.4. The normalized spacial score (nSPS) is 12.2. The Labute approximate surface area is 126 Å². The molecule has 1 aromatic carbocycles. The molecule has 6 heteroatoms. The molecule has 1 aromatic heterocycles. The number of carbonyl (C=O) groups is 1. The van der Waals surface area contributed by atoms with Gasteiger partial charge in [-0.3, -0.25) is 4.79 Å². The van der Waals surface area contributed by atoms with Crippen LogP contribution in [0.15, 0.2) is 24.3 Å².